The van der Waals surface area contributed by atoms with Gasteiger partial charge in [0.05, 0.1) is 10.4 Å². The number of benzene rings is 1. The Balaban J connectivity index is 2.11. The highest BCUT2D eigenvalue weighted by atomic mass is 35.5. The third-order valence-electron chi connectivity index (χ3n) is 2.26. The van der Waals surface area contributed by atoms with Gasteiger partial charge in [0.1, 0.15) is 5.82 Å². The number of hydrogen-bond acceptors (Lipinski definition) is 2. The van der Waals surface area contributed by atoms with E-state index in [1.54, 1.807) is 18.2 Å². The molecule has 0 amide bonds. The van der Waals surface area contributed by atoms with Crippen LogP contribution in [0.2, 0.25) is 4.34 Å². The summed E-state index contributed by atoms with van der Waals surface area (Å²) in [6.07, 6.45) is -0.230. The fraction of sp³-hybridized carbons (Fsp3) is 0.167. The Labute approximate surface area is 102 Å². The van der Waals surface area contributed by atoms with Crippen LogP contribution in [0.15, 0.2) is 36.4 Å². The summed E-state index contributed by atoms with van der Waals surface area (Å²) in [7, 11) is 0. The molecule has 1 aromatic heterocycles. The molecule has 4 heteroatoms. The Bertz CT molecular complexity index is 483. The van der Waals surface area contributed by atoms with Crippen LogP contribution in [0.25, 0.3) is 0 Å². The van der Waals surface area contributed by atoms with E-state index in [4.69, 9.17) is 11.6 Å². The van der Waals surface area contributed by atoms with Gasteiger partial charge in [-0.1, -0.05) is 23.7 Å². The van der Waals surface area contributed by atoms with Crippen LogP contribution in [0, 0.1) is 5.82 Å². The first-order chi connectivity index (χ1) is 7.65. The van der Waals surface area contributed by atoms with Crippen LogP contribution in [0.5, 0.6) is 0 Å². The summed E-state index contributed by atoms with van der Waals surface area (Å²) in [6.45, 7) is 0. The van der Waals surface area contributed by atoms with Crippen molar-refractivity contribution in [3.05, 3.63) is 57.0 Å². The molecule has 1 aromatic carbocycles. The Kier molecular flexibility index (Phi) is 3.59. The lowest BCUT2D eigenvalue weighted by Gasteiger charge is -2.09. The van der Waals surface area contributed by atoms with E-state index in [0.29, 0.717) is 16.3 Å². The fourth-order valence-corrected chi connectivity index (χ4v) is 2.61. The second-order valence-corrected chi connectivity index (χ2v) is 5.28. The SMILES string of the molecule is OC(Cc1ccc(Cl)s1)c1cccc(F)c1. The first-order valence-electron chi connectivity index (χ1n) is 4.83. The Morgan fingerprint density at radius 3 is 2.75 bits per heavy atom. The standard InChI is InChI=1S/C12H10ClFOS/c13-12-5-4-10(16-12)7-11(15)8-2-1-3-9(14)6-8/h1-6,11,15H,7H2. The summed E-state index contributed by atoms with van der Waals surface area (Å²) >= 11 is 7.22. The zero-order valence-electron chi connectivity index (χ0n) is 8.36. The molecule has 0 aliphatic heterocycles. The van der Waals surface area contributed by atoms with Crippen molar-refractivity contribution in [3.63, 3.8) is 0 Å². The molecule has 84 valence electrons. The van der Waals surface area contributed by atoms with Gasteiger partial charge in [0.2, 0.25) is 0 Å². The molecule has 0 aliphatic rings. The highest BCUT2D eigenvalue weighted by molar-refractivity contribution is 7.16. The van der Waals surface area contributed by atoms with Crippen molar-refractivity contribution in [1.82, 2.24) is 0 Å². The summed E-state index contributed by atoms with van der Waals surface area (Å²) < 4.78 is 13.6. The van der Waals surface area contributed by atoms with E-state index in [-0.39, 0.29) is 5.82 Å². The molecular weight excluding hydrogens is 247 g/mol. The van der Waals surface area contributed by atoms with Crippen LogP contribution in [0.4, 0.5) is 4.39 Å². The number of thiophene rings is 1. The number of aliphatic hydroxyl groups excluding tert-OH is 1. The quantitative estimate of drug-likeness (QED) is 0.885. The normalized spacial score (nSPS) is 12.7. The average Bonchev–Trinajstić information content (AvgIpc) is 2.64. The molecule has 0 aliphatic carbocycles. The summed E-state index contributed by atoms with van der Waals surface area (Å²) in [4.78, 5) is 0.988. The molecule has 0 saturated heterocycles. The summed E-state index contributed by atoms with van der Waals surface area (Å²) in [5.74, 6) is -0.333. The lowest BCUT2D eigenvalue weighted by Crippen LogP contribution is -2.00. The van der Waals surface area contributed by atoms with Crippen molar-refractivity contribution in [2.24, 2.45) is 0 Å². The van der Waals surface area contributed by atoms with Crippen LogP contribution in [0.3, 0.4) is 0 Å². The van der Waals surface area contributed by atoms with E-state index in [9.17, 15) is 9.50 Å². The highest BCUT2D eigenvalue weighted by Crippen LogP contribution is 2.26. The molecule has 0 fully saturated rings. The number of aliphatic hydroxyl groups is 1. The van der Waals surface area contributed by atoms with Gasteiger partial charge in [0.15, 0.2) is 0 Å². The third kappa shape index (κ3) is 2.82. The molecule has 2 aromatic rings. The van der Waals surface area contributed by atoms with Crippen molar-refractivity contribution >= 4 is 22.9 Å². The smallest absolute Gasteiger partial charge is 0.123 e. The minimum Gasteiger partial charge on any atom is -0.388 e. The van der Waals surface area contributed by atoms with Gasteiger partial charge in [-0.05, 0) is 29.8 Å². The van der Waals surface area contributed by atoms with E-state index < -0.39 is 6.10 Å². The highest BCUT2D eigenvalue weighted by Gasteiger charge is 2.10. The van der Waals surface area contributed by atoms with Gasteiger partial charge >= 0.3 is 0 Å². The molecule has 1 heterocycles. The largest absolute Gasteiger partial charge is 0.388 e. The zero-order valence-corrected chi connectivity index (χ0v) is 9.93. The maximum Gasteiger partial charge on any atom is 0.123 e. The maximum absolute atomic E-state index is 12.9. The lowest BCUT2D eigenvalue weighted by atomic mass is 10.1. The fourth-order valence-electron chi connectivity index (χ4n) is 1.48. The van der Waals surface area contributed by atoms with E-state index >= 15 is 0 Å². The first-order valence-corrected chi connectivity index (χ1v) is 6.02. The molecule has 0 radical (unpaired) electrons. The molecular formula is C12H10ClFOS. The van der Waals surface area contributed by atoms with Gasteiger partial charge in [-0.2, -0.15) is 0 Å². The Hall–Kier alpha value is -0.900. The van der Waals surface area contributed by atoms with Crippen molar-refractivity contribution in [3.8, 4) is 0 Å². The molecule has 0 bridgehead atoms. The second kappa shape index (κ2) is 4.95. The average molecular weight is 257 g/mol. The van der Waals surface area contributed by atoms with Crippen molar-refractivity contribution in [1.29, 1.82) is 0 Å². The minimum atomic E-state index is -0.689. The number of rotatable bonds is 3. The van der Waals surface area contributed by atoms with Gasteiger partial charge in [-0.25, -0.2) is 4.39 Å². The molecule has 0 saturated carbocycles. The molecule has 1 unspecified atom stereocenters. The predicted molar refractivity (Wildman–Crippen MR) is 64.4 cm³/mol. The van der Waals surface area contributed by atoms with Crippen molar-refractivity contribution in [2.75, 3.05) is 0 Å². The molecule has 1 atom stereocenters. The summed E-state index contributed by atoms with van der Waals surface area (Å²) in [5, 5.41) is 9.90. The van der Waals surface area contributed by atoms with Crippen LogP contribution in [0.1, 0.15) is 16.5 Å². The summed E-state index contributed by atoms with van der Waals surface area (Å²) in [6, 6.07) is 9.67. The van der Waals surface area contributed by atoms with Gasteiger partial charge in [0, 0.05) is 11.3 Å². The Morgan fingerprint density at radius 2 is 2.12 bits per heavy atom. The molecule has 1 N–H and O–H groups in total. The van der Waals surface area contributed by atoms with E-state index in [0.717, 1.165) is 4.88 Å². The summed E-state index contributed by atoms with van der Waals surface area (Å²) in [5.41, 5.74) is 0.588. The molecule has 0 spiro atoms. The van der Waals surface area contributed by atoms with Crippen LogP contribution in [-0.4, -0.2) is 5.11 Å². The van der Waals surface area contributed by atoms with E-state index in [2.05, 4.69) is 0 Å². The van der Waals surface area contributed by atoms with Gasteiger partial charge in [-0.3, -0.25) is 0 Å². The van der Waals surface area contributed by atoms with Gasteiger partial charge in [0.25, 0.3) is 0 Å². The first kappa shape index (κ1) is 11.6. The van der Waals surface area contributed by atoms with E-state index in [1.807, 2.05) is 6.07 Å². The Morgan fingerprint density at radius 1 is 1.31 bits per heavy atom. The van der Waals surface area contributed by atoms with Gasteiger partial charge < -0.3 is 5.11 Å². The lowest BCUT2D eigenvalue weighted by molar-refractivity contribution is 0.179. The van der Waals surface area contributed by atoms with Crippen LogP contribution >= 0.6 is 22.9 Å². The maximum atomic E-state index is 12.9. The van der Waals surface area contributed by atoms with Crippen LogP contribution in [-0.2, 0) is 6.42 Å². The van der Waals surface area contributed by atoms with Gasteiger partial charge in [-0.15, -0.1) is 11.3 Å². The molecule has 16 heavy (non-hydrogen) atoms. The second-order valence-electron chi connectivity index (χ2n) is 3.48. The topological polar surface area (TPSA) is 20.2 Å². The molecule has 1 nitrogen and oxygen atoms in total. The van der Waals surface area contributed by atoms with Crippen molar-refractivity contribution in [2.45, 2.75) is 12.5 Å². The number of hydrogen-bond donors (Lipinski definition) is 1. The number of halogens is 2. The predicted octanol–water partition coefficient (Wildman–Crippen LogP) is 3.82. The third-order valence-corrected chi connectivity index (χ3v) is 3.51. The minimum absolute atomic E-state index is 0.333. The molecule has 2 rings (SSSR count). The van der Waals surface area contributed by atoms with Crippen LogP contribution < -0.4 is 0 Å². The zero-order chi connectivity index (χ0) is 11.5. The van der Waals surface area contributed by atoms with E-state index in [1.165, 1.54) is 23.5 Å². The monoisotopic (exact) mass is 256 g/mol. The van der Waals surface area contributed by atoms with Crippen molar-refractivity contribution < 1.29 is 9.50 Å².